The second-order valence-corrected chi connectivity index (χ2v) is 8.06. The van der Waals surface area contributed by atoms with Crippen LogP contribution in [0.2, 0.25) is 5.02 Å². The quantitative estimate of drug-likeness (QED) is 0.389. The van der Waals surface area contributed by atoms with Crippen molar-refractivity contribution in [3.63, 3.8) is 0 Å². The molecule has 2 rings (SSSR count). The van der Waals surface area contributed by atoms with Crippen molar-refractivity contribution in [1.29, 1.82) is 0 Å². The van der Waals surface area contributed by atoms with Gasteiger partial charge in [0, 0.05) is 13.5 Å². The highest BCUT2D eigenvalue weighted by molar-refractivity contribution is 6.35. The van der Waals surface area contributed by atoms with Crippen molar-refractivity contribution < 1.29 is 14.3 Å². The Labute approximate surface area is 174 Å². The molecule has 1 aliphatic heterocycles. The fourth-order valence-corrected chi connectivity index (χ4v) is 3.48. The first kappa shape index (κ1) is 22.5. The SMILES string of the molecule is CC/C=C/C=C(\C)Cc1cc(OC)c(Cl)c(N(C)C(=O)CC[C@]2(C)O[C@H]2C)c1. The van der Waals surface area contributed by atoms with Crippen molar-refractivity contribution in [3.05, 3.63) is 46.5 Å². The molecule has 4 nitrogen and oxygen atoms in total. The molecule has 1 aromatic carbocycles. The number of carbonyl (C=O) groups excluding carboxylic acids is 1. The van der Waals surface area contributed by atoms with Gasteiger partial charge in [-0.1, -0.05) is 42.3 Å². The molecule has 0 radical (unpaired) electrons. The molecule has 1 amide bonds. The monoisotopic (exact) mass is 405 g/mol. The van der Waals surface area contributed by atoms with Crippen LogP contribution >= 0.6 is 11.6 Å². The summed E-state index contributed by atoms with van der Waals surface area (Å²) >= 11 is 6.51. The van der Waals surface area contributed by atoms with E-state index >= 15 is 0 Å². The van der Waals surface area contributed by atoms with Gasteiger partial charge in [-0.3, -0.25) is 4.79 Å². The van der Waals surface area contributed by atoms with E-state index in [0.717, 1.165) is 18.4 Å². The van der Waals surface area contributed by atoms with Crippen molar-refractivity contribution >= 4 is 23.2 Å². The van der Waals surface area contributed by atoms with E-state index in [1.807, 2.05) is 26.0 Å². The minimum absolute atomic E-state index is 0.0168. The van der Waals surface area contributed by atoms with E-state index in [1.165, 1.54) is 5.57 Å². The Kier molecular flexibility index (Phi) is 7.73. The molecule has 1 aliphatic rings. The Balaban J connectivity index is 2.18. The Bertz CT molecular complexity index is 771. The van der Waals surface area contributed by atoms with Crippen LogP contribution in [0.15, 0.2) is 35.9 Å². The van der Waals surface area contributed by atoms with Crippen LogP contribution < -0.4 is 9.64 Å². The van der Waals surface area contributed by atoms with Crippen LogP contribution in [0.1, 0.15) is 52.5 Å². The van der Waals surface area contributed by atoms with Gasteiger partial charge in [0.2, 0.25) is 5.91 Å². The molecule has 1 aromatic rings. The second kappa shape index (κ2) is 9.62. The summed E-state index contributed by atoms with van der Waals surface area (Å²) in [4.78, 5) is 14.4. The highest BCUT2D eigenvalue weighted by Gasteiger charge is 2.48. The predicted octanol–water partition coefficient (Wildman–Crippen LogP) is 5.72. The summed E-state index contributed by atoms with van der Waals surface area (Å²) in [5.41, 5.74) is 2.78. The number of hydrogen-bond acceptors (Lipinski definition) is 3. The Morgan fingerprint density at radius 1 is 1.43 bits per heavy atom. The predicted molar refractivity (Wildman–Crippen MR) is 116 cm³/mol. The van der Waals surface area contributed by atoms with E-state index in [9.17, 15) is 4.79 Å². The molecule has 1 heterocycles. The van der Waals surface area contributed by atoms with E-state index in [2.05, 4.69) is 32.1 Å². The van der Waals surface area contributed by atoms with E-state index in [0.29, 0.717) is 29.3 Å². The highest BCUT2D eigenvalue weighted by Crippen LogP contribution is 2.40. The zero-order chi connectivity index (χ0) is 20.9. The summed E-state index contributed by atoms with van der Waals surface area (Å²) in [6.07, 6.45) is 9.41. The lowest BCUT2D eigenvalue weighted by atomic mass is 10.0. The van der Waals surface area contributed by atoms with Gasteiger partial charge in [0.1, 0.15) is 10.8 Å². The summed E-state index contributed by atoms with van der Waals surface area (Å²) in [5, 5.41) is 0.455. The first-order valence-corrected chi connectivity index (χ1v) is 10.2. The van der Waals surface area contributed by atoms with Crippen molar-refractivity contribution in [3.8, 4) is 5.75 Å². The van der Waals surface area contributed by atoms with Crippen LogP contribution in [0.25, 0.3) is 0 Å². The lowest BCUT2D eigenvalue weighted by molar-refractivity contribution is -0.118. The van der Waals surface area contributed by atoms with Crippen LogP contribution in [0.4, 0.5) is 5.69 Å². The molecule has 0 N–H and O–H groups in total. The van der Waals surface area contributed by atoms with Gasteiger partial charge in [0.15, 0.2) is 0 Å². The van der Waals surface area contributed by atoms with Gasteiger partial charge in [0.25, 0.3) is 0 Å². The topological polar surface area (TPSA) is 42.1 Å². The lowest BCUT2D eigenvalue weighted by Crippen LogP contribution is -2.28. The number of carbonyl (C=O) groups is 1. The number of anilines is 1. The molecular weight excluding hydrogens is 374 g/mol. The lowest BCUT2D eigenvalue weighted by Gasteiger charge is -2.22. The zero-order valence-electron chi connectivity index (χ0n) is 17.8. The molecule has 0 bridgehead atoms. The summed E-state index contributed by atoms with van der Waals surface area (Å²) in [6.45, 7) is 8.28. The number of nitrogens with zero attached hydrogens (tertiary/aromatic N) is 1. The average Bonchev–Trinajstić information content (AvgIpc) is 3.27. The minimum atomic E-state index is -0.173. The van der Waals surface area contributed by atoms with E-state index in [4.69, 9.17) is 21.1 Å². The van der Waals surface area contributed by atoms with Crippen LogP contribution in [-0.2, 0) is 16.0 Å². The third-order valence-electron chi connectivity index (χ3n) is 5.35. The largest absolute Gasteiger partial charge is 0.495 e. The Morgan fingerprint density at radius 3 is 2.68 bits per heavy atom. The standard InChI is InChI=1S/C23H32ClNO3/c1-7-8-9-10-16(2)13-18-14-19(22(24)20(15-18)27-6)25(5)21(26)11-12-23(4)17(3)28-23/h8-10,14-15,17H,7,11-13H2,1-6H3/b9-8+,16-10+/t17-,23-/m0/s1. The number of halogens is 1. The maximum Gasteiger partial charge on any atom is 0.226 e. The maximum atomic E-state index is 12.7. The van der Waals surface area contributed by atoms with E-state index < -0.39 is 0 Å². The summed E-state index contributed by atoms with van der Waals surface area (Å²) in [7, 11) is 3.36. The molecule has 0 spiro atoms. The third kappa shape index (κ3) is 5.62. The van der Waals surface area contributed by atoms with Crippen LogP contribution in [-0.4, -0.2) is 31.8 Å². The molecule has 28 heavy (non-hydrogen) atoms. The number of rotatable bonds is 9. The first-order chi connectivity index (χ1) is 13.2. The van der Waals surface area contributed by atoms with Gasteiger partial charge in [-0.25, -0.2) is 0 Å². The van der Waals surface area contributed by atoms with E-state index in [1.54, 1.807) is 19.1 Å². The maximum absolute atomic E-state index is 12.7. The molecule has 5 heteroatoms. The van der Waals surface area contributed by atoms with Crippen LogP contribution in [0, 0.1) is 0 Å². The van der Waals surface area contributed by atoms with Gasteiger partial charge in [-0.15, -0.1) is 0 Å². The molecule has 1 fully saturated rings. The number of methoxy groups -OCH3 is 1. The smallest absolute Gasteiger partial charge is 0.226 e. The van der Waals surface area contributed by atoms with Crippen molar-refractivity contribution in [2.75, 3.05) is 19.1 Å². The molecule has 0 unspecified atom stereocenters. The van der Waals surface area contributed by atoms with Crippen molar-refractivity contribution in [2.45, 2.75) is 65.1 Å². The van der Waals surface area contributed by atoms with Gasteiger partial charge in [-0.05, 0) is 57.7 Å². The van der Waals surface area contributed by atoms with Gasteiger partial charge < -0.3 is 14.4 Å². The molecule has 0 aromatic heterocycles. The molecule has 2 atom stereocenters. The molecule has 1 saturated heterocycles. The minimum Gasteiger partial charge on any atom is -0.495 e. The van der Waals surface area contributed by atoms with Crippen LogP contribution in [0.3, 0.4) is 0 Å². The highest BCUT2D eigenvalue weighted by atomic mass is 35.5. The number of amides is 1. The molecule has 154 valence electrons. The van der Waals surface area contributed by atoms with Crippen molar-refractivity contribution in [1.82, 2.24) is 0 Å². The number of hydrogen-bond donors (Lipinski definition) is 0. The number of benzene rings is 1. The Morgan fingerprint density at radius 2 is 2.11 bits per heavy atom. The number of allylic oxidation sites excluding steroid dienone is 4. The molecule has 0 aliphatic carbocycles. The van der Waals surface area contributed by atoms with Crippen LogP contribution in [0.5, 0.6) is 5.75 Å². The summed E-state index contributed by atoms with van der Waals surface area (Å²) < 4.78 is 11.0. The summed E-state index contributed by atoms with van der Waals surface area (Å²) in [6, 6.07) is 3.91. The molecule has 0 saturated carbocycles. The van der Waals surface area contributed by atoms with E-state index in [-0.39, 0.29) is 17.6 Å². The number of ether oxygens (including phenoxy) is 2. The zero-order valence-corrected chi connectivity index (χ0v) is 18.6. The van der Waals surface area contributed by atoms with Gasteiger partial charge >= 0.3 is 0 Å². The Hall–Kier alpha value is -1.78. The van der Waals surface area contributed by atoms with Crippen molar-refractivity contribution in [2.24, 2.45) is 0 Å². The average molecular weight is 406 g/mol. The second-order valence-electron chi connectivity index (χ2n) is 7.68. The van der Waals surface area contributed by atoms with Gasteiger partial charge in [0.05, 0.1) is 24.5 Å². The first-order valence-electron chi connectivity index (χ1n) is 9.85. The summed E-state index contributed by atoms with van der Waals surface area (Å²) in [5.74, 6) is 0.597. The fraction of sp³-hybridized carbons (Fsp3) is 0.522. The number of epoxide rings is 1. The van der Waals surface area contributed by atoms with Gasteiger partial charge in [-0.2, -0.15) is 0 Å². The normalized spacial score (nSPS) is 21.8. The fourth-order valence-electron chi connectivity index (χ4n) is 3.17. The third-order valence-corrected chi connectivity index (χ3v) is 5.73. The molecular formula is C23H32ClNO3.